The van der Waals surface area contributed by atoms with E-state index in [2.05, 4.69) is 0 Å². The highest BCUT2D eigenvalue weighted by Crippen LogP contribution is 2.17. The van der Waals surface area contributed by atoms with E-state index in [-0.39, 0.29) is 10.7 Å². The van der Waals surface area contributed by atoms with Gasteiger partial charge in [0.2, 0.25) is 0 Å². The Morgan fingerprint density at radius 2 is 2.21 bits per heavy atom. The molecule has 0 aliphatic carbocycles. The van der Waals surface area contributed by atoms with Crippen molar-refractivity contribution >= 4 is 17.2 Å². The first-order chi connectivity index (χ1) is 6.65. The van der Waals surface area contributed by atoms with Crippen LogP contribution in [0.5, 0.6) is 5.75 Å². The van der Waals surface area contributed by atoms with Gasteiger partial charge in [-0.25, -0.2) is 4.39 Å². The Labute approximate surface area is 87.9 Å². The van der Waals surface area contributed by atoms with Crippen LogP contribution in [0.2, 0.25) is 0 Å². The molecule has 0 radical (unpaired) electrons. The lowest BCUT2D eigenvalue weighted by Crippen LogP contribution is -2.31. The maximum atomic E-state index is 13.1. The predicted molar refractivity (Wildman–Crippen MR) is 57.9 cm³/mol. The van der Waals surface area contributed by atoms with E-state index in [1.807, 2.05) is 6.92 Å². The zero-order chi connectivity index (χ0) is 10.6. The van der Waals surface area contributed by atoms with Gasteiger partial charge < -0.3 is 10.5 Å². The quantitative estimate of drug-likeness (QED) is 0.779. The van der Waals surface area contributed by atoms with Crippen LogP contribution in [-0.2, 0) is 0 Å². The van der Waals surface area contributed by atoms with Gasteiger partial charge in [-0.15, -0.1) is 0 Å². The summed E-state index contributed by atoms with van der Waals surface area (Å²) >= 11 is 4.79. The Morgan fingerprint density at radius 3 is 2.71 bits per heavy atom. The van der Waals surface area contributed by atoms with Gasteiger partial charge in [-0.3, -0.25) is 0 Å². The zero-order valence-corrected chi connectivity index (χ0v) is 8.68. The topological polar surface area (TPSA) is 35.2 Å². The summed E-state index contributed by atoms with van der Waals surface area (Å²) < 4.78 is 18.5. The number of benzene rings is 1. The molecule has 1 aromatic carbocycles. The summed E-state index contributed by atoms with van der Waals surface area (Å²) in [6, 6.07) is 6.19. The van der Waals surface area contributed by atoms with Crippen molar-refractivity contribution in [3.8, 4) is 5.75 Å². The number of hydrogen-bond donors (Lipinski definition) is 1. The molecule has 0 heterocycles. The lowest BCUT2D eigenvalue weighted by Gasteiger charge is -2.16. The Kier molecular flexibility index (Phi) is 3.83. The molecule has 0 fully saturated rings. The normalized spacial score (nSPS) is 12.1. The van der Waals surface area contributed by atoms with E-state index in [0.717, 1.165) is 0 Å². The van der Waals surface area contributed by atoms with Gasteiger partial charge in [-0.05, 0) is 18.6 Å². The van der Waals surface area contributed by atoms with Gasteiger partial charge in [-0.1, -0.05) is 31.3 Å². The maximum absolute atomic E-state index is 13.1. The van der Waals surface area contributed by atoms with Crippen LogP contribution in [0.1, 0.15) is 13.3 Å². The molecule has 0 aliphatic heterocycles. The third-order valence-corrected chi connectivity index (χ3v) is 2.06. The molecule has 2 nitrogen and oxygen atoms in total. The second-order valence-corrected chi connectivity index (χ2v) is 3.32. The van der Waals surface area contributed by atoms with Crippen molar-refractivity contribution in [2.75, 3.05) is 0 Å². The van der Waals surface area contributed by atoms with Crippen molar-refractivity contribution in [1.29, 1.82) is 0 Å². The van der Waals surface area contributed by atoms with E-state index in [4.69, 9.17) is 22.7 Å². The summed E-state index contributed by atoms with van der Waals surface area (Å²) in [6.07, 6.45) is 0.228. The molecule has 0 saturated carbocycles. The Balaban J connectivity index is 2.77. The van der Waals surface area contributed by atoms with Crippen LogP contribution >= 0.6 is 12.2 Å². The van der Waals surface area contributed by atoms with E-state index in [1.165, 1.54) is 6.07 Å². The molecule has 1 rings (SSSR count). The fourth-order valence-electron chi connectivity index (χ4n) is 1.04. The third kappa shape index (κ3) is 2.67. The molecule has 76 valence electrons. The lowest BCUT2D eigenvalue weighted by molar-refractivity contribution is 0.251. The Morgan fingerprint density at radius 1 is 1.57 bits per heavy atom. The van der Waals surface area contributed by atoms with Gasteiger partial charge in [0.1, 0.15) is 11.1 Å². The Hall–Kier alpha value is -1.16. The molecule has 1 unspecified atom stereocenters. The van der Waals surface area contributed by atoms with Crippen LogP contribution in [0.15, 0.2) is 24.3 Å². The molecule has 2 N–H and O–H groups in total. The number of halogens is 1. The van der Waals surface area contributed by atoms with Gasteiger partial charge in [0.05, 0.1) is 0 Å². The largest absolute Gasteiger partial charge is 0.480 e. The number of ether oxygens (including phenoxy) is 1. The maximum Gasteiger partial charge on any atom is 0.165 e. The molecule has 0 aromatic heterocycles. The monoisotopic (exact) mass is 213 g/mol. The van der Waals surface area contributed by atoms with Crippen LogP contribution in [0.4, 0.5) is 4.39 Å². The highest BCUT2D eigenvalue weighted by molar-refractivity contribution is 7.80. The van der Waals surface area contributed by atoms with Gasteiger partial charge in [0.15, 0.2) is 11.6 Å². The summed E-state index contributed by atoms with van der Waals surface area (Å²) in [5, 5.41) is 0. The van der Waals surface area contributed by atoms with Crippen LogP contribution in [0.25, 0.3) is 0 Å². The number of rotatable bonds is 4. The standard InChI is InChI=1S/C10H12FNOS/c1-2-8(10(12)14)13-9-6-4-3-5-7(9)11/h3-6,8H,2H2,1H3,(H2,12,14). The number of para-hydroxylation sites is 1. The molecular formula is C10H12FNOS. The molecule has 0 bridgehead atoms. The fraction of sp³-hybridized carbons (Fsp3) is 0.300. The average molecular weight is 213 g/mol. The number of hydrogen-bond acceptors (Lipinski definition) is 2. The molecule has 1 atom stereocenters. The minimum Gasteiger partial charge on any atom is -0.480 e. The SMILES string of the molecule is CCC(Oc1ccccc1F)C(N)=S. The van der Waals surface area contributed by atoms with Gasteiger partial charge in [0, 0.05) is 0 Å². The second kappa shape index (κ2) is 4.91. The summed E-state index contributed by atoms with van der Waals surface area (Å²) in [5.41, 5.74) is 5.43. The van der Waals surface area contributed by atoms with Gasteiger partial charge >= 0.3 is 0 Å². The fourth-order valence-corrected chi connectivity index (χ4v) is 1.25. The van der Waals surface area contributed by atoms with Gasteiger partial charge in [0.25, 0.3) is 0 Å². The van der Waals surface area contributed by atoms with E-state index in [9.17, 15) is 4.39 Å². The summed E-state index contributed by atoms with van der Waals surface area (Å²) in [5.74, 6) is -0.214. The van der Waals surface area contributed by atoms with Crippen LogP contribution < -0.4 is 10.5 Å². The number of thiocarbonyl (C=S) groups is 1. The molecule has 4 heteroatoms. The van der Waals surface area contributed by atoms with Crippen molar-refractivity contribution in [3.05, 3.63) is 30.1 Å². The first-order valence-electron chi connectivity index (χ1n) is 4.35. The smallest absolute Gasteiger partial charge is 0.165 e. The third-order valence-electron chi connectivity index (χ3n) is 1.79. The average Bonchev–Trinajstić information content (AvgIpc) is 2.16. The van der Waals surface area contributed by atoms with Gasteiger partial charge in [-0.2, -0.15) is 0 Å². The highest BCUT2D eigenvalue weighted by Gasteiger charge is 2.12. The molecular weight excluding hydrogens is 201 g/mol. The summed E-state index contributed by atoms with van der Waals surface area (Å²) in [7, 11) is 0. The Bertz CT molecular complexity index is 330. The van der Waals surface area contributed by atoms with E-state index in [1.54, 1.807) is 18.2 Å². The lowest BCUT2D eigenvalue weighted by atomic mass is 10.2. The minimum atomic E-state index is -0.401. The van der Waals surface area contributed by atoms with Crippen molar-refractivity contribution in [2.24, 2.45) is 5.73 Å². The summed E-state index contributed by atoms with van der Waals surface area (Å²) in [6.45, 7) is 1.88. The predicted octanol–water partition coefficient (Wildman–Crippen LogP) is 2.27. The highest BCUT2D eigenvalue weighted by atomic mass is 32.1. The molecule has 0 saturated heterocycles. The number of nitrogens with two attached hydrogens (primary N) is 1. The van der Waals surface area contributed by atoms with E-state index in [0.29, 0.717) is 6.42 Å². The molecule has 1 aromatic rings. The first kappa shape index (κ1) is 10.9. The zero-order valence-electron chi connectivity index (χ0n) is 7.87. The van der Waals surface area contributed by atoms with E-state index < -0.39 is 11.9 Å². The van der Waals surface area contributed by atoms with Crippen LogP contribution in [-0.4, -0.2) is 11.1 Å². The second-order valence-electron chi connectivity index (χ2n) is 2.85. The molecule has 14 heavy (non-hydrogen) atoms. The molecule has 0 amide bonds. The molecule has 0 aliphatic rings. The molecule has 0 spiro atoms. The summed E-state index contributed by atoms with van der Waals surface area (Å²) in [4.78, 5) is 0.246. The van der Waals surface area contributed by atoms with Crippen molar-refractivity contribution in [1.82, 2.24) is 0 Å². The van der Waals surface area contributed by atoms with Crippen LogP contribution in [0, 0.1) is 5.82 Å². The van der Waals surface area contributed by atoms with Crippen LogP contribution in [0.3, 0.4) is 0 Å². The van der Waals surface area contributed by atoms with Crippen molar-refractivity contribution < 1.29 is 9.13 Å². The van der Waals surface area contributed by atoms with E-state index >= 15 is 0 Å². The first-order valence-corrected chi connectivity index (χ1v) is 4.76. The van der Waals surface area contributed by atoms with Crippen molar-refractivity contribution in [3.63, 3.8) is 0 Å². The van der Waals surface area contributed by atoms with Crippen molar-refractivity contribution in [2.45, 2.75) is 19.4 Å². The minimum absolute atomic E-state index is 0.187.